The summed E-state index contributed by atoms with van der Waals surface area (Å²) in [4.78, 5) is 23.3. The molecule has 1 aliphatic heterocycles. The maximum absolute atomic E-state index is 11.2. The number of rotatable bonds is 6. The molecule has 0 bridgehead atoms. The molecule has 1 rings (SSSR count). The Morgan fingerprint density at radius 1 is 1.45 bits per heavy atom. The Balaban J connectivity index is 2.92. The highest BCUT2D eigenvalue weighted by Crippen LogP contribution is 2.18. The zero-order chi connectivity index (χ0) is 15.3. The highest BCUT2D eigenvalue weighted by molar-refractivity contribution is 5.84. The second kappa shape index (κ2) is 7.20. The summed E-state index contributed by atoms with van der Waals surface area (Å²) in [5.41, 5.74) is 5.83. The molecule has 0 spiro atoms. The molecule has 0 unspecified atom stereocenters. The number of aliphatic carboxylic acids is 1. The van der Waals surface area contributed by atoms with Crippen LogP contribution in [-0.2, 0) is 14.3 Å². The Hall–Kier alpha value is -1.68. The number of ether oxygens (including phenoxy) is 1. The molecule has 1 aliphatic rings. The molecule has 9 nitrogen and oxygen atoms in total. The first-order chi connectivity index (χ1) is 9.38. The predicted molar refractivity (Wildman–Crippen MR) is 67.0 cm³/mol. The molecule has 0 saturated carbocycles. The summed E-state index contributed by atoms with van der Waals surface area (Å²) >= 11 is 0. The third-order valence-corrected chi connectivity index (χ3v) is 2.86. The van der Waals surface area contributed by atoms with Gasteiger partial charge >= 0.3 is 5.97 Å². The van der Waals surface area contributed by atoms with Gasteiger partial charge in [-0.25, -0.2) is 4.79 Å². The average Bonchev–Trinajstić information content (AvgIpc) is 2.38. The van der Waals surface area contributed by atoms with Gasteiger partial charge in [-0.1, -0.05) is 0 Å². The van der Waals surface area contributed by atoms with Crippen LogP contribution in [0.25, 0.3) is 0 Å². The molecular formula is C11H19N3O6. The summed E-state index contributed by atoms with van der Waals surface area (Å²) in [7, 11) is 0. The van der Waals surface area contributed by atoms with Crippen LogP contribution in [0, 0.1) is 0 Å². The van der Waals surface area contributed by atoms with Gasteiger partial charge in [0.15, 0.2) is 0 Å². The van der Waals surface area contributed by atoms with Crippen molar-refractivity contribution in [1.82, 2.24) is 10.2 Å². The van der Waals surface area contributed by atoms with E-state index in [2.05, 4.69) is 5.32 Å². The summed E-state index contributed by atoms with van der Waals surface area (Å²) < 4.78 is 5.27. The van der Waals surface area contributed by atoms with Crippen molar-refractivity contribution in [2.75, 3.05) is 20.0 Å². The van der Waals surface area contributed by atoms with Crippen molar-refractivity contribution in [2.45, 2.75) is 25.1 Å². The van der Waals surface area contributed by atoms with E-state index in [0.29, 0.717) is 0 Å². The van der Waals surface area contributed by atoms with E-state index in [-0.39, 0.29) is 18.2 Å². The molecule has 0 aromatic heterocycles. The van der Waals surface area contributed by atoms with Crippen LogP contribution in [0.3, 0.4) is 0 Å². The largest absolute Gasteiger partial charge is 0.480 e. The number of nitrogens with one attached hydrogen (secondary N) is 1. The Morgan fingerprint density at radius 2 is 2.05 bits per heavy atom. The SMILES string of the molecule is CC(=O)N[C@H]1[C@H](CN(CO)CO)OC(C(=O)O)=C[C@@H]1N. The fourth-order valence-electron chi connectivity index (χ4n) is 1.91. The first-order valence-corrected chi connectivity index (χ1v) is 5.97. The van der Waals surface area contributed by atoms with Crippen LogP contribution < -0.4 is 11.1 Å². The molecule has 6 N–H and O–H groups in total. The van der Waals surface area contributed by atoms with E-state index in [9.17, 15) is 9.59 Å². The normalized spacial score (nSPS) is 25.9. The van der Waals surface area contributed by atoms with Crippen LogP contribution in [-0.4, -0.2) is 70.3 Å². The zero-order valence-electron chi connectivity index (χ0n) is 11.0. The van der Waals surface area contributed by atoms with Crippen LogP contribution in [0.2, 0.25) is 0 Å². The lowest BCUT2D eigenvalue weighted by Gasteiger charge is -2.37. The minimum atomic E-state index is -1.27. The van der Waals surface area contributed by atoms with Crippen molar-refractivity contribution in [3.05, 3.63) is 11.8 Å². The van der Waals surface area contributed by atoms with Crippen molar-refractivity contribution in [2.24, 2.45) is 5.73 Å². The Labute approximate surface area is 115 Å². The van der Waals surface area contributed by atoms with E-state index in [1.807, 2.05) is 0 Å². The monoisotopic (exact) mass is 289 g/mol. The van der Waals surface area contributed by atoms with Gasteiger partial charge in [0, 0.05) is 13.5 Å². The molecule has 3 atom stereocenters. The lowest BCUT2D eigenvalue weighted by Crippen LogP contribution is -2.59. The summed E-state index contributed by atoms with van der Waals surface area (Å²) in [5.74, 6) is -1.93. The van der Waals surface area contributed by atoms with Crippen molar-refractivity contribution >= 4 is 11.9 Å². The summed E-state index contributed by atoms with van der Waals surface area (Å²) in [5, 5.41) is 29.6. The number of carboxylic acids is 1. The van der Waals surface area contributed by atoms with Gasteiger partial charge in [-0.15, -0.1) is 0 Å². The molecule has 0 fully saturated rings. The maximum atomic E-state index is 11.2. The van der Waals surface area contributed by atoms with Gasteiger partial charge < -0.3 is 31.1 Å². The lowest BCUT2D eigenvalue weighted by atomic mass is 9.98. The van der Waals surface area contributed by atoms with E-state index in [1.54, 1.807) is 0 Å². The molecule has 1 heterocycles. The number of carbonyl (C=O) groups is 2. The number of nitrogens with zero attached hydrogens (tertiary/aromatic N) is 1. The minimum absolute atomic E-state index is 0.0102. The Bertz CT molecular complexity index is 396. The lowest BCUT2D eigenvalue weighted by molar-refractivity contribution is -0.139. The Morgan fingerprint density at radius 3 is 2.50 bits per heavy atom. The number of aliphatic hydroxyl groups is 2. The van der Waals surface area contributed by atoms with E-state index >= 15 is 0 Å². The van der Waals surface area contributed by atoms with Crippen molar-refractivity contribution in [3.63, 3.8) is 0 Å². The molecule has 1 amide bonds. The number of hydrogen-bond donors (Lipinski definition) is 5. The molecule has 0 aliphatic carbocycles. The molecule has 0 saturated heterocycles. The maximum Gasteiger partial charge on any atom is 0.370 e. The smallest absolute Gasteiger partial charge is 0.370 e. The average molecular weight is 289 g/mol. The number of aliphatic hydroxyl groups excluding tert-OH is 2. The molecule has 0 aromatic rings. The third-order valence-electron chi connectivity index (χ3n) is 2.86. The fourth-order valence-corrected chi connectivity index (χ4v) is 1.91. The standard InChI is InChI=1S/C11H19N3O6/c1-6(17)13-10-7(12)2-8(11(18)19)20-9(10)3-14(4-15)5-16/h2,7,9-10,15-16H,3-5,12H2,1H3,(H,13,17)(H,18,19)/t7-,9-,10+/m0/s1. The predicted octanol–water partition coefficient (Wildman–Crippen LogP) is -2.61. The van der Waals surface area contributed by atoms with E-state index in [1.165, 1.54) is 17.9 Å². The third kappa shape index (κ3) is 4.17. The molecule has 9 heteroatoms. The van der Waals surface area contributed by atoms with Crippen LogP contribution in [0.5, 0.6) is 0 Å². The molecule has 0 aromatic carbocycles. The second-order valence-electron chi connectivity index (χ2n) is 4.43. The van der Waals surface area contributed by atoms with Crippen molar-refractivity contribution < 1.29 is 29.6 Å². The molecule has 0 radical (unpaired) electrons. The van der Waals surface area contributed by atoms with E-state index in [0.717, 1.165) is 0 Å². The van der Waals surface area contributed by atoms with Crippen LogP contribution in [0.4, 0.5) is 0 Å². The van der Waals surface area contributed by atoms with Crippen LogP contribution in [0.1, 0.15) is 6.92 Å². The van der Waals surface area contributed by atoms with Gasteiger partial charge in [-0.2, -0.15) is 0 Å². The summed E-state index contributed by atoms with van der Waals surface area (Å²) in [6, 6.07) is -1.40. The van der Waals surface area contributed by atoms with Crippen LogP contribution >= 0.6 is 0 Å². The molecule has 114 valence electrons. The first kappa shape index (κ1) is 16.4. The van der Waals surface area contributed by atoms with Gasteiger partial charge in [0.1, 0.15) is 6.10 Å². The van der Waals surface area contributed by atoms with E-state index in [4.69, 9.17) is 25.8 Å². The second-order valence-corrected chi connectivity index (χ2v) is 4.43. The van der Waals surface area contributed by atoms with Crippen molar-refractivity contribution in [1.29, 1.82) is 0 Å². The fraction of sp³-hybridized carbons (Fsp3) is 0.636. The zero-order valence-corrected chi connectivity index (χ0v) is 11.0. The highest BCUT2D eigenvalue weighted by Gasteiger charge is 2.36. The highest BCUT2D eigenvalue weighted by atomic mass is 16.5. The first-order valence-electron chi connectivity index (χ1n) is 5.97. The van der Waals surface area contributed by atoms with Crippen molar-refractivity contribution in [3.8, 4) is 0 Å². The van der Waals surface area contributed by atoms with Gasteiger partial charge in [0.05, 0.1) is 25.5 Å². The van der Waals surface area contributed by atoms with Crippen LogP contribution in [0.15, 0.2) is 11.8 Å². The minimum Gasteiger partial charge on any atom is -0.480 e. The number of carboxylic acid groups (broad SMARTS) is 1. The number of amides is 1. The molecular weight excluding hydrogens is 270 g/mol. The number of nitrogens with two attached hydrogens (primary N) is 1. The van der Waals surface area contributed by atoms with Gasteiger partial charge in [-0.05, 0) is 6.08 Å². The summed E-state index contributed by atoms with van der Waals surface area (Å²) in [6.07, 6.45) is 0.408. The number of hydrogen-bond acceptors (Lipinski definition) is 7. The number of carbonyl (C=O) groups excluding carboxylic acids is 1. The van der Waals surface area contributed by atoms with Gasteiger partial charge in [-0.3, -0.25) is 9.69 Å². The molecule has 20 heavy (non-hydrogen) atoms. The van der Waals surface area contributed by atoms with Gasteiger partial charge in [0.2, 0.25) is 11.7 Å². The Kier molecular flexibility index (Phi) is 5.89. The topological polar surface area (TPSA) is 145 Å². The van der Waals surface area contributed by atoms with Gasteiger partial charge in [0.25, 0.3) is 0 Å². The summed E-state index contributed by atoms with van der Waals surface area (Å²) in [6.45, 7) is 0.432. The quantitative estimate of drug-likeness (QED) is 0.334. The van der Waals surface area contributed by atoms with E-state index < -0.39 is 37.6 Å².